The minimum atomic E-state index is -0.452. The quantitative estimate of drug-likeness (QED) is 0.543. The summed E-state index contributed by atoms with van der Waals surface area (Å²) in [4.78, 5) is 0. The molecule has 0 aromatic rings. The standard InChI is InChI=1S/C9H18N2O2/c1-8(2)5-7(10-12)6-9(3,4)11(8)13/h5,10,12-13H,6H2,1-4H3. The van der Waals surface area contributed by atoms with E-state index >= 15 is 0 Å². The third kappa shape index (κ3) is 1.85. The molecule has 0 fully saturated rings. The Morgan fingerprint density at radius 2 is 1.92 bits per heavy atom. The summed E-state index contributed by atoms with van der Waals surface area (Å²) in [6, 6.07) is 0. The van der Waals surface area contributed by atoms with Gasteiger partial charge in [0.1, 0.15) is 0 Å². The molecular formula is C9H18N2O2. The minimum absolute atomic E-state index is 0.358. The Morgan fingerprint density at radius 3 is 2.31 bits per heavy atom. The van der Waals surface area contributed by atoms with E-state index in [1.807, 2.05) is 33.8 Å². The van der Waals surface area contributed by atoms with E-state index in [0.29, 0.717) is 6.42 Å². The first-order valence-electron chi connectivity index (χ1n) is 4.41. The molecule has 76 valence electrons. The minimum Gasteiger partial charge on any atom is -0.313 e. The Balaban J connectivity index is 3.01. The Bertz CT molecular complexity index is 234. The lowest BCUT2D eigenvalue weighted by molar-refractivity contribution is -0.215. The highest BCUT2D eigenvalue weighted by atomic mass is 16.5. The Hall–Kier alpha value is -0.580. The second-order valence-electron chi connectivity index (χ2n) is 4.74. The molecule has 0 aromatic carbocycles. The molecule has 4 heteroatoms. The summed E-state index contributed by atoms with van der Waals surface area (Å²) < 4.78 is 0. The van der Waals surface area contributed by atoms with Crippen molar-refractivity contribution >= 4 is 0 Å². The largest absolute Gasteiger partial charge is 0.313 e. The van der Waals surface area contributed by atoms with Crippen molar-refractivity contribution in [2.45, 2.75) is 45.2 Å². The summed E-state index contributed by atoms with van der Waals surface area (Å²) in [6.45, 7) is 7.65. The molecule has 0 bridgehead atoms. The van der Waals surface area contributed by atoms with E-state index in [1.54, 1.807) is 0 Å². The second kappa shape index (κ2) is 2.97. The van der Waals surface area contributed by atoms with E-state index in [9.17, 15) is 5.21 Å². The van der Waals surface area contributed by atoms with Crippen LogP contribution in [0.2, 0.25) is 0 Å². The van der Waals surface area contributed by atoms with E-state index in [4.69, 9.17) is 5.21 Å². The van der Waals surface area contributed by atoms with Gasteiger partial charge in [-0.3, -0.25) is 10.7 Å². The first kappa shape index (κ1) is 10.5. The van der Waals surface area contributed by atoms with Gasteiger partial charge in [0, 0.05) is 17.7 Å². The van der Waals surface area contributed by atoms with Crippen LogP contribution in [-0.2, 0) is 0 Å². The van der Waals surface area contributed by atoms with Gasteiger partial charge in [0.15, 0.2) is 0 Å². The van der Waals surface area contributed by atoms with Crippen LogP contribution in [0, 0.1) is 0 Å². The molecule has 0 radical (unpaired) electrons. The summed E-state index contributed by atoms with van der Waals surface area (Å²) in [7, 11) is 0. The van der Waals surface area contributed by atoms with Crippen molar-refractivity contribution in [3.05, 3.63) is 11.8 Å². The number of rotatable bonds is 1. The molecule has 1 heterocycles. The highest BCUT2D eigenvalue weighted by Gasteiger charge is 2.40. The SMILES string of the molecule is CC1(C)C=C(NO)CC(C)(C)N1O. The lowest BCUT2D eigenvalue weighted by Gasteiger charge is -2.46. The average molecular weight is 186 g/mol. The molecule has 1 aliphatic rings. The van der Waals surface area contributed by atoms with Gasteiger partial charge in [0.05, 0.1) is 5.54 Å². The topological polar surface area (TPSA) is 55.7 Å². The van der Waals surface area contributed by atoms with Crippen LogP contribution in [0.4, 0.5) is 0 Å². The first-order valence-corrected chi connectivity index (χ1v) is 4.41. The van der Waals surface area contributed by atoms with Gasteiger partial charge >= 0.3 is 0 Å². The third-order valence-corrected chi connectivity index (χ3v) is 2.41. The average Bonchev–Trinajstić information content (AvgIpc) is 1.99. The van der Waals surface area contributed by atoms with Gasteiger partial charge in [-0.25, -0.2) is 0 Å². The highest BCUT2D eigenvalue weighted by molar-refractivity contribution is 5.17. The van der Waals surface area contributed by atoms with Crippen LogP contribution in [0.15, 0.2) is 11.8 Å². The Labute approximate surface area is 78.8 Å². The van der Waals surface area contributed by atoms with Gasteiger partial charge in [-0.05, 0) is 33.8 Å². The maximum Gasteiger partial charge on any atom is 0.0610 e. The van der Waals surface area contributed by atoms with Crippen LogP contribution < -0.4 is 5.48 Å². The van der Waals surface area contributed by atoms with Crippen molar-refractivity contribution in [3.63, 3.8) is 0 Å². The molecule has 0 aromatic heterocycles. The monoisotopic (exact) mass is 186 g/mol. The zero-order chi connectivity index (χ0) is 10.3. The highest BCUT2D eigenvalue weighted by Crippen LogP contribution is 2.34. The number of hydrogen-bond donors (Lipinski definition) is 3. The predicted octanol–water partition coefficient (Wildman–Crippen LogP) is 1.50. The molecule has 0 spiro atoms. The van der Waals surface area contributed by atoms with Gasteiger partial charge in [0.2, 0.25) is 0 Å². The van der Waals surface area contributed by atoms with Gasteiger partial charge < -0.3 is 5.21 Å². The van der Waals surface area contributed by atoms with Crippen LogP contribution in [0.3, 0.4) is 0 Å². The third-order valence-electron chi connectivity index (χ3n) is 2.41. The van der Waals surface area contributed by atoms with Crippen molar-refractivity contribution in [1.29, 1.82) is 0 Å². The Morgan fingerprint density at radius 1 is 1.38 bits per heavy atom. The molecule has 3 N–H and O–H groups in total. The second-order valence-corrected chi connectivity index (χ2v) is 4.74. The van der Waals surface area contributed by atoms with E-state index in [1.165, 1.54) is 5.06 Å². The van der Waals surface area contributed by atoms with Gasteiger partial charge in [-0.1, -0.05) is 0 Å². The van der Waals surface area contributed by atoms with E-state index in [2.05, 4.69) is 5.48 Å². The van der Waals surface area contributed by atoms with Crippen LogP contribution in [-0.4, -0.2) is 26.6 Å². The van der Waals surface area contributed by atoms with Crippen molar-refractivity contribution in [2.75, 3.05) is 0 Å². The zero-order valence-corrected chi connectivity index (χ0v) is 8.63. The lowest BCUT2D eigenvalue weighted by Crippen LogP contribution is -2.56. The van der Waals surface area contributed by atoms with E-state index in [0.717, 1.165) is 5.70 Å². The molecule has 0 saturated heterocycles. The van der Waals surface area contributed by atoms with Crippen LogP contribution in [0.5, 0.6) is 0 Å². The van der Waals surface area contributed by atoms with Gasteiger partial charge in [-0.15, -0.1) is 0 Å². The normalized spacial score (nSPS) is 26.8. The smallest absolute Gasteiger partial charge is 0.0610 e. The number of hydroxylamine groups is 3. The summed E-state index contributed by atoms with van der Waals surface area (Å²) >= 11 is 0. The first-order chi connectivity index (χ1) is 5.79. The zero-order valence-electron chi connectivity index (χ0n) is 8.63. The van der Waals surface area contributed by atoms with Gasteiger partial charge in [0.25, 0.3) is 0 Å². The van der Waals surface area contributed by atoms with Gasteiger partial charge in [-0.2, -0.15) is 5.06 Å². The molecule has 1 aliphatic heterocycles. The number of nitrogens with one attached hydrogen (secondary N) is 1. The van der Waals surface area contributed by atoms with Crippen LogP contribution in [0.1, 0.15) is 34.1 Å². The van der Waals surface area contributed by atoms with Crippen molar-refractivity contribution in [3.8, 4) is 0 Å². The number of nitrogens with zero attached hydrogens (tertiary/aromatic N) is 1. The molecule has 0 amide bonds. The lowest BCUT2D eigenvalue weighted by atomic mass is 9.86. The Kier molecular flexibility index (Phi) is 2.40. The van der Waals surface area contributed by atoms with Crippen molar-refractivity contribution in [2.24, 2.45) is 0 Å². The molecule has 0 saturated carbocycles. The van der Waals surface area contributed by atoms with Crippen molar-refractivity contribution < 1.29 is 10.4 Å². The predicted molar refractivity (Wildman–Crippen MR) is 49.4 cm³/mol. The van der Waals surface area contributed by atoms with Crippen LogP contribution >= 0.6 is 0 Å². The fourth-order valence-corrected chi connectivity index (χ4v) is 1.93. The summed E-state index contributed by atoms with van der Waals surface area (Å²) in [5, 5.41) is 20.0. The fourth-order valence-electron chi connectivity index (χ4n) is 1.93. The molecule has 1 rings (SSSR count). The van der Waals surface area contributed by atoms with Crippen LogP contribution in [0.25, 0.3) is 0 Å². The molecule has 0 aliphatic carbocycles. The maximum absolute atomic E-state index is 9.86. The maximum atomic E-state index is 9.86. The molecule has 0 unspecified atom stereocenters. The summed E-state index contributed by atoms with van der Waals surface area (Å²) in [5.74, 6) is 0. The summed E-state index contributed by atoms with van der Waals surface area (Å²) in [6.07, 6.45) is 2.42. The molecule has 13 heavy (non-hydrogen) atoms. The number of hydrogen-bond acceptors (Lipinski definition) is 4. The molecule has 0 atom stereocenters. The fraction of sp³-hybridized carbons (Fsp3) is 0.778. The van der Waals surface area contributed by atoms with E-state index in [-0.39, 0.29) is 5.54 Å². The molecular weight excluding hydrogens is 168 g/mol. The summed E-state index contributed by atoms with van der Waals surface area (Å²) in [5.41, 5.74) is 2.10. The molecule has 4 nitrogen and oxygen atoms in total. The van der Waals surface area contributed by atoms with E-state index < -0.39 is 5.54 Å². The van der Waals surface area contributed by atoms with Crippen molar-refractivity contribution in [1.82, 2.24) is 10.5 Å².